The highest BCUT2D eigenvalue weighted by Crippen LogP contribution is 2.19. The molecule has 0 fully saturated rings. The van der Waals surface area contributed by atoms with E-state index in [1.807, 2.05) is 26.0 Å². The summed E-state index contributed by atoms with van der Waals surface area (Å²) in [6.07, 6.45) is 15.6. The largest absolute Gasteiger partial charge is 0.491 e. The van der Waals surface area contributed by atoms with E-state index in [9.17, 15) is 9.59 Å². The number of rotatable bonds is 20. The SMILES string of the molecule is CCCCCCCCCOC(=O)CCCCCCCCC(=O)Oc1ccc(OC(C)C)cc1. The van der Waals surface area contributed by atoms with Crippen LogP contribution in [0.15, 0.2) is 24.3 Å². The summed E-state index contributed by atoms with van der Waals surface area (Å²) in [5.41, 5.74) is 0. The fourth-order valence-corrected chi connectivity index (χ4v) is 3.60. The number of benzene rings is 1. The molecule has 1 aromatic rings. The Morgan fingerprint density at radius 1 is 0.667 bits per heavy atom. The molecule has 0 N–H and O–H groups in total. The van der Waals surface area contributed by atoms with Crippen LogP contribution < -0.4 is 9.47 Å². The highest BCUT2D eigenvalue weighted by molar-refractivity contribution is 5.72. The van der Waals surface area contributed by atoms with Gasteiger partial charge in [-0.1, -0.05) is 71.1 Å². The second-order valence-electron chi connectivity index (χ2n) is 9.08. The summed E-state index contributed by atoms with van der Waals surface area (Å²) in [4.78, 5) is 23.7. The van der Waals surface area contributed by atoms with Crippen molar-refractivity contribution >= 4 is 11.9 Å². The summed E-state index contributed by atoms with van der Waals surface area (Å²) < 4.78 is 16.3. The van der Waals surface area contributed by atoms with Crippen molar-refractivity contribution in [1.29, 1.82) is 0 Å². The van der Waals surface area contributed by atoms with Gasteiger partial charge in [-0.3, -0.25) is 9.59 Å². The third kappa shape index (κ3) is 17.1. The van der Waals surface area contributed by atoms with Crippen LogP contribution in [0.5, 0.6) is 11.5 Å². The Kier molecular flexibility index (Phi) is 17.1. The van der Waals surface area contributed by atoms with Gasteiger partial charge >= 0.3 is 11.9 Å². The molecule has 0 aliphatic heterocycles. The molecule has 0 heterocycles. The molecule has 1 aromatic carbocycles. The van der Waals surface area contributed by atoms with Crippen LogP contribution in [0.25, 0.3) is 0 Å². The zero-order valence-corrected chi connectivity index (χ0v) is 21.2. The molecule has 0 atom stereocenters. The van der Waals surface area contributed by atoms with Gasteiger partial charge in [0, 0.05) is 12.8 Å². The molecule has 0 radical (unpaired) electrons. The van der Waals surface area contributed by atoms with E-state index in [0.29, 0.717) is 25.2 Å². The van der Waals surface area contributed by atoms with Gasteiger partial charge in [0.05, 0.1) is 12.7 Å². The summed E-state index contributed by atoms with van der Waals surface area (Å²) in [6, 6.07) is 7.15. The van der Waals surface area contributed by atoms with E-state index in [2.05, 4.69) is 6.92 Å². The molecular weight excluding hydrogens is 416 g/mol. The Morgan fingerprint density at radius 3 is 1.73 bits per heavy atom. The van der Waals surface area contributed by atoms with Crippen molar-refractivity contribution in [2.24, 2.45) is 0 Å². The first-order valence-electron chi connectivity index (χ1n) is 13.1. The van der Waals surface area contributed by atoms with E-state index in [-0.39, 0.29) is 18.0 Å². The topological polar surface area (TPSA) is 61.8 Å². The summed E-state index contributed by atoms with van der Waals surface area (Å²) in [5, 5.41) is 0. The van der Waals surface area contributed by atoms with Crippen molar-refractivity contribution in [1.82, 2.24) is 0 Å². The van der Waals surface area contributed by atoms with Gasteiger partial charge in [-0.25, -0.2) is 0 Å². The predicted octanol–water partition coefficient (Wildman–Crippen LogP) is 7.79. The molecule has 0 aromatic heterocycles. The summed E-state index contributed by atoms with van der Waals surface area (Å²) in [6.45, 7) is 6.74. The van der Waals surface area contributed by atoms with Crippen LogP contribution in [-0.2, 0) is 14.3 Å². The lowest BCUT2D eigenvalue weighted by atomic mass is 10.1. The monoisotopic (exact) mass is 462 g/mol. The fraction of sp³-hybridized carbons (Fsp3) is 0.714. The lowest BCUT2D eigenvalue weighted by molar-refractivity contribution is -0.144. The average Bonchev–Trinajstić information content (AvgIpc) is 2.78. The molecule has 33 heavy (non-hydrogen) atoms. The number of ether oxygens (including phenoxy) is 3. The zero-order chi connectivity index (χ0) is 24.2. The van der Waals surface area contributed by atoms with Crippen LogP contribution in [0.1, 0.15) is 117 Å². The van der Waals surface area contributed by atoms with Crippen LogP contribution in [0.3, 0.4) is 0 Å². The van der Waals surface area contributed by atoms with Crippen molar-refractivity contribution in [3.63, 3.8) is 0 Å². The second-order valence-corrected chi connectivity index (χ2v) is 9.08. The molecule has 5 heteroatoms. The third-order valence-electron chi connectivity index (χ3n) is 5.45. The molecule has 0 saturated carbocycles. The zero-order valence-electron chi connectivity index (χ0n) is 21.2. The number of unbranched alkanes of at least 4 members (excludes halogenated alkanes) is 11. The van der Waals surface area contributed by atoms with E-state index >= 15 is 0 Å². The number of hydrogen-bond donors (Lipinski definition) is 0. The summed E-state index contributed by atoms with van der Waals surface area (Å²) in [7, 11) is 0. The molecule has 0 unspecified atom stereocenters. The first-order chi connectivity index (χ1) is 16.0. The smallest absolute Gasteiger partial charge is 0.311 e. The lowest BCUT2D eigenvalue weighted by Crippen LogP contribution is -2.08. The van der Waals surface area contributed by atoms with Gasteiger partial charge in [-0.05, 0) is 57.4 Å². The third-order valence-corrected chi connectivity index (χ3v) is 5.45. The minimum atomic E-state index is -0.198. The Hall–Kier alpha value is -2.04. The van der Waals surface area contributed by atoms with Crippen molar-refractivity contribution in [3.05, 3.63) is 24.3 Å². The first kappa shape index (κ1) is 29.0. The second kappa shape index (κ2) is 19.4. The molecule has 0 bridgehead atoms. The highest BCUT2D eigenvalue weighted by Gasteiger charge is 2.06. The van der Waals surface area contributed by atoms with Gasteiger partial charge < -0.3 is 14.2 Å². The van der Waals surface area contributed by atoms with E-state index in [0.717, 1.165) is 57.1 Å². The van der Waals surface area contributed by atoms with Crippen molar-refractivity contribution in [2.75, 3.05) is 6.61 Å². The van der Waals surface area contributed by atoms with E-state index in [1.165, 1.54) is 32.1 Å². The van der Waals surface area contributed by atoms with Crippen molar-refractivity contribution in [2.45, 2.75) is 123 Å². The van der Waals surface area contributed by atoms with Crippen molar-refractivity contribution in [3.8, 4) is 11.5 Å². The molecule has 0 saturated heterocycles. The fourth-order valence-electron chi connectivity index (χ4n) is 3.60. The van der Waals surface area contributed by atoms with Gasteiger partial charge in [-0.15, -0.1) is 0 Å². The van der Waals surface area contributed by atoms with Gasteiger partial charge in [0.15, 0.2) is 0 Å². The molecule has 0 aliphatic rings. The minimum Gasteiger partial charge on any atom is -0.491 e. The van der Waals surface area contributed by atoms with Crippen LogP contribution >= 0.6 is 0 Å². The van der Waals surface area contributed by atoms with Gasteiger partial charge in [-0.2, -0.15) is 0 Å². The van der Waals surface area contributed by atoms with E-state index < -0.39 is 0 Å². The number of esters is 2. The van der Waals surface area contributed by atoms with E-state index in [4.69, 9.17) is 14.2 Å². The summed E-state index contributed by atoms with van der Waals surface area (Å²) >= 11 is 0. The number of carbonyl (C=O) groups excluding carboxylic acids is 2. The quantitative estimate of drug-likeness (QED) is 0.112. The van der Waals surface area contributed by atoms with Gasteiger partial charge in [0.1, 0.15) is 11.5 Å². The molecule has 0 spiro atoms. The lowest BCUT2D eigenvalue weighted by Gasteiger charge is -2.10. The molecule has 0 amide bonds. The number of hydrogen-bond acceptors (Lipinski definition) is 5. The summed E-state index contributed by atoms with van der Waals surface area (Å²) in [5.74, 6) is 1.06. The van der Waals surface area contributed by atoms with Crippen LogP contribution in [0.2, 0.25) is 0 Å². The van der Waals surface area contributed by atoms with Crippen molar-refractivity contribution < 1.29 is 23.8 Å². The Morgan fingerprint density at radius 2 is 1.15 bits per heavy atom. The van der Waals surface area contributed by atoms with Crippen LogP contribution in [-0.4, -0.2) is 24.6 Å². The Labute approximate surface area is 201 Å². The maximum absolute atomic E-state index is 12.0. The van der Waals surface area contributed by atoms with E-state index in [1.54, 1.807) is 12.1 Å². The Balaban J connectivity index is 1.92. The van der Waals surface area contributed by atoms with Gasteiger partial charge in [0.2, 0.25) is 0 Å². The van der Waals surface area contributed by atoms with Gasteiger partial charge in [0.25, 0.3) is 0 Å². The standard InChI is InChI=1S/C28H46O5/c1-4-5-6-7-10-13-16-23-31-27(29)17-14-11-8-9-12-15-18-28(30)33-26-21-19-25(20-22-26)32-24(2)3/h19-22,24H,4-18,23H2,1-3H3. The predicted molar refractivity (Wildman–Crippen MR) is 134 cm³/mol. The Bertz CT molecular complexity index is 624. The molecule has 0 aliphatic carbocycles. The maximum Gasteiger partial charge on any atom is 0.311 e. The van der Waals surface area contributed by atoms with Crippen LogP contribution in [0, 0.1) is 0 Å². The molecule has 1 rings (SSSR count). The molecule has 5 nitrogen and oxygen atoms in total. The highest BCUT2D eigenvalue weighted by atomic mass is 16.5. The maximum atomic E-state index is 12.0. The number of carbonyl (C=O) groups is 2. The normalized spacial score (nSPS) is 10.9. The molecular formula is C28H46O5. The molecule has 188 valence electrons. The average molecular weight is 463 g/mol. The minimum absolute atomic E-state index is 0.0625. The first-order valence-corrected chi connectivity index (χ1v) is 13.1. The van der Waals surface area contributed by atoms with Crippen LogP contribution in [0.4, 0.5) is 0 Å².